The van der Waals surface area contributed by atoms with Crippen LogP contribution in [-0.2, 0) is 4.79 Å². The number of ketones is 1. The predicted octanol–water partition coefficient (Wildman–Crippen LogP) is 7.20. The summed E-state index contributed by atoms with van der Waals surface area (Å²) in [5.41, 5.74) is 2.31. The summed E-state index contributed by atoms with van der Waals surface area (Å²) in [6, 6.07) is 0. The minimum Gasteiger partial charge on any atom is -0.393 e. The number of aliphatic hydroxyl groups is 1. The Bertz CT molecular complexity index is 708. The van der Waals surface area contributed by atoms with Gasteiger partial charge in [0.1, 0.15) is 5.78 Å². The summed E-state index contributed by atoms with van der Waals surface area (Å²) in [4.78, 5) is 13.1. The van der Waals surface area contributed by atoms with Crippen LogP contribution in [0.4, 0.5) is 0 Å². The van der Waals surface area contributed by atoms with E-state index < -0.39 is 0 Å². The zero-order valence-corrected chi connectivity index (χ0v) is 21.1. The summed E-state index contributed by atoms with van der Waals surface area (Å²) in [6.07, 6.45) is 13.9. The Hall–Kier alpha value is -0.630. The molecule has 2 nitrogen and oxygen atoms in total. The minimum absolute atomic E-state index is 0.114. The van der Waals surface area contributed by atoms with Crippen LogP contribution in [0.15, 0.2) is 11.6 Å². The van der Waals surface area contributed by atoms with E-state index in [9.17, 15) is 9.90 Å². The molecule has 1 N–H and O–H groups in total. The first kappa shape index (κ1) is 23.5. The lowest BCUT2D eigenvalue weighted by molar-refractivity contribution is -0.126. The highest BCUT2D eigenvalue weighted by atomic mass is 16.3. The van der Waals surface area contributed by atoms with Crippen LogP contribution in [0.1, 0.15) is 106 Å². The van der Waals surface area contributed by atoms with E-state index >= 15 is 0 Å². The van der Waals surface area contributed by atoms with Gasteiger partial charge < -0.3 is 5.11 Å². The first-order chi connectivity index (χ1) is 14.6. The molecule has 4 aliphatic carbocycles. The number of carbonyl (C=O) groups is 1. The molecule has 31 heavy (non-hydrogen) atoms. The normalized spacial score (nSPS) is 44.1. The molecule has 0 saturated heterocycles. The average Bonchev–Trinajstić information content (AvgIpc) is 3.06. The van der Waals surface area contributed by atoms with Gasteiger partial charge in [0.25, 0.3) is 0 Å². The van der Waals surface area contributed by atoms with Gasteiger partial charge in [-0.25, -0.2) is 0 Å². The molecule has 0 aromatic heterocycles. The van der Waals surface area contributed by atoms with Gasteiger partial charge in [0.15, 0.2) is 0 Å². The molecule has 0 aromatic rings. The van der Waals surface area contributed by atoms with Crippen LogP contribution in [0, 0.1) is 52.3 Å². The van der Waals surface area contributed by atoms with Gasteiger partial charge in [0, 0.05) is 12.3 Å². The van der Waals surface area contributed by atoms with Gasteiger partial charge in [-0.15, -0.1) is 0 Å². The summed E-state index contributed by atoms with van der Waals surface area (Å²) >= 11 is 0. The highest BCUT2D eigenvalue weighted by molar-refractivity contribution is 5.81. The second kappa shape index (κ2) is 8.62. The monoisotopic (exact) mass is 428 g/mol. The van der Waals surface area contributed by atoms with E-state index in [1.54, 1.807) is 5.57 Å². The lowest BCUT2D eigenvalue weighted by Gasteiger charge is -2.58. The van der Waals surface area contributed by atoms with Crippen molar-refractivity contribution in [1.82, 2.24) is 0 Å². The fourth-order valence-electron chi connectivity index (χ4n) is 9.30. The fraction of sp³-hybridized carbons (Fsp3) is 0.897. The summed E-state index contributed by atoms with van der Waals surface area (Å²) in [5, 5.41) is 10.2. The molecule has 0 radical (unpaired) electrons. The van der Waals surface area contributed by atoms with Gasteiger partial charge in [-0.2, -0.15) is 0 Å². The highest BCUT2D eigenvalue weighted by Crippen LogP contribution is 2.67. The van der Waals surface area contributed by atoms with E-state index in [0.29, 0.717) is 34.4 Å². The van der Waals surface area contributed by atoms with Crippen molar-refractivity contribution in [3.05, 3.63) is 11.6 Å². The Kier molecular flexibility index (Phi) is 6.54. The number of carbonyl (C=O) groups excluding carboxylic acids is 1. The van der Waals surface area contributed by atoms with Crippen LogP contribution in [0.2, 0.25) is 0 Å². The Morgan fingerprint density at radius 3 is 2.52 bits per heavy atom. The molecular formula is C29H48O2. The summed E-state index contributed by atoms with van der Waals surface area (Å²) in [5.74, 6) is 4.89. The first-order valence-electron chi connectivity index (χ1n) is 13.5. The van der Waals surface area contributed by atoms with E-state index in [1.165, 1.54) is 38.5 Å². The molecule has 6 unspecified atom stereocenters. The van der Waals surface area contributed by atoms with Crippen LogP contribution < -0.4 is 0 Å². The van der Waals surface area contributed by atoms with Crippen molar-refractivity contribution in [1.29, 1.82) is 0 Å². The number of allylic oxidation sites excluding steroid dienone is 1. The highest BCUT2D eigenvalue weighted by Gasteiger charge is 2.59. The second-order valence-corrected chi connectivity index (χ2v) is 12.8. The molecule has 3 fully saturated rings. The molecule has 0 aromatic carbocycles. The molecule has 4 aliphatic rings. The van der Waals surface area contributed by atoms with Crippen LogP contribution >= 0.6 is 0 Å². The molecule has 0 amide bonds. The zero-order valence-electron chi connectivity index (χ0n) is 21.1. The summed E-state index contributed by atoms with van der Waals surface area (Å²) in [7, 11) is 0. The van der Waals surface area contributed by atoms with Gasteiger partial charge in [-0.05, 0) is 104 Å². The Labute approximate surface area is 191 Å². The third-order valence-corrected chi connectivity index (χ3v) is 11.0. The van der Waals surface area contributed by atoms with E-state index in [0.717, 1.165) is 43.4 Å². The molecule has 0 heterocycles. The lowest BCUT2D eigenvalue weighted by Crippen LogP contribution is -2.50. The zero-order chi connectivity index (χ0) is 22.6. The van der Waals surface area contributed by atoms with Gasteiger partial charge in [-0.3, -0.25) is 4.79 Å². The predicted molar refractivity (Wildman–Crippen MR) is 129 cm³/mol. The van der Waals surface area contributed by atoms with Gasteiger partial charge >= 0.3 is 0 Å². The van der Waals surface area contributed by atoms with Crippen LogP contribution in [0.5, 0.6) is 0 Å². The van der Waals surface area contributed by atoms with Gasteiger partial charge in [-0.1, -0.05) is 53.2 Å². The quantitative estimate of drug-likeness (QED) is 0.454. The molecule has 0 spiro atoms. The third-order valence-electron chi connectivity index (χ3n) is 11.0. The largest absolute Gasteiger partial charge is 0.393 e. The number of aliphatic hydroxyl groups excluding tert-OH is 1. The maximum absolute atomic E-state index is 13.1. The molecule has 2 heteroatoms. The maximum Gasteiger partial charge on any atom is 0.136 e. The Morgan fingerprint density at radius 1 is 1.10 bits per heavy atom. The smallest absolute Gasteiger partial charge is 0.136 e. The summed E-state index contributed by atoms with van der Waals surface area (Å²) < 4.78 is 0. The van der Waals surface area contributed by atoms with Crippen molar-refractivity contribution < 1.29 is 9.90 Å². The topological polar surface area (TPSA) is 37.3 Å². The number of hydrogen-bond acceptors (Lipinski definition) is 2. The van der Waals surface area contributed by atoms with Crippen LogP contribution in [0.25, 0.3) is 0 Å². The SMILES string of the molecule is CCC(C(=O)CC(C)C1CCC2C3CC=C4C[C@@H](O)CC[C@]4(C)C3CC[C@]12C)C(C)C. The van der Waals surface area contributed by atoms with Crippen molar-refractivity contribution in [2.45, 2.75) is 112 Å². The summed E-state index contributed by atoms with van der Waals surface area (Å²) in [6.45, 7) is 14.1. The van der Waals surface area contributed by atoms with E-state index in [2.05, 4.69) is 47.6 Å². The standard InChI is InChI=1S/C29H48O2/c1-7-22(18(2)3)27(31)16-19(4)24-10-11-25-23-9-8-20-17-21(30)12-14-28(20,5)26(23)13-15-29(24,25)6/h8,18-19,21-26,30H,7,9-17H2,1-6H3/t19?,21-,22?,23?,24?,25?,26?,28-,29+/m0/s1. The molecule has 176 valence electrons. The van der Waals surface area contributed by atoms with Crippen molar-refractivity contribution in [2.75, 3.05) is 0 Å². The first-order valence-corrected chi connectivity index (χ1v) is 13.5. The van der Waals surface area contributed by atoms with Gasteiger partial charge in [0.05, 0.1) is 6.10 Å². The average molecular weight is 429 g/mol. The number of fused-ring (bicyclic) bond motifs is 5. The molecule has 3 saturated carbocycles. The number of hydrogen-bond donors (Lipinski definition) is 1. The maximum atomic E-state index is 13.1. The number of Topliss-reactive ketones (excluding diaryl/α,β-unsaturated/α-hetero) is 1. The molecular weight excluding hydrogens is 380 g/mol. The Balaban J connectivity index is 1.50. The van der Waals surface area contributed by atoms with Crippen molar-refractivity contribution in [2.24, 2.45) is 52.3 Å². The van der Waals surface area contributed by atoms with Crippen LogP contribution in [0.3, 0.4) is 0 Å². The fourth-order valence-corrected chi connectivity index (χ4v) is 9.30. The molecule has 0 bridgehead atoms. The Morgan fingerprint density at radius 2 is 1.84 bits per heavy atom. The van der Waals surface area contributed by atoms with Crippen LogP contribution in [-0.4, -0.2) is 17.0 Å². The van der Waals surface area contributed by atoms with Crippen molar-refractivity contribution in [3.63, 3.8) is 0 Å². The van der Waals surface area contributed by atoms with E-state index in [1.807, 2.05) is 0 Å². The van der Waals surface area contributed by atoms with E-state index in [4.69, 9.17) is 0 Å². The third kappa shape index (κ3) is 3.87. The minimum atomic E-state index is -0.114. The molecule has 9 atom stereocenters. The molecule has 0 aliphatic heterocycles. The molecule has 4 rings (SSSR count). The number of rotatable bonds is 6. The van der Waals surface area contributed by atoms with Crippen molar-refractivity contribution >= 4 is 5.78 Å². The lowest BCUT2D eigenvalue weighted by atomic mass is 9.47. The second-order valence-electron chi connectivity index (χ2n) is 12.8. The van der Waals surface area contributed by atoms with Crippen molar-refractivity contribution in [3.8, 4) is 0 Å². The van der Waals surface area contributed by atoms with E-state index in [-0.39, 0.29) is 12.0 Å². The van der Waals surface area contributed by atoms with Gasteiger partial charge in [0.2, 0.25) is 0 Å².